The molecule has 0 aliphatic carbocycles. The minimum atomic E-state index is -0.271. The summed E-state index contributed by atoms with van der Waals surface area (Å²) in [5, 5.41) is 2.77. The summed E-state index contributed by atoms with van der Waals surface area (Å²) in [5.41, 5.74) is 0.989. The third-order valence-electron chi connectivity index (χ3n) is 2.32. The van der Waals surface area contributed by atoms with Crippen molar-refractivity contribution >= 4 is 43.5 Å². The van der Waals surface area contributed by atoms with E-state index in [1.165, 1.54) is 0 Å². The largest absolute Gasteiger partial charge is 0.497 e. The number of carbonyl (C=O) groups is 1. The van der Waals surface area contributed by atoms with Gasteiger partial charge in [-0.2, -0.15) is 0 Å². The number of nitrogens with one attached hydrogen (secondary N) is 1. The SMILES string of the molecule is COc1cc(Br)cc(NC(=O)c2ccc(Br)cn2)c1. The maximum Gasteiger partial charge on any atom is 0.274 e. The second kappa shape index (κ2) is 6.16. The van der Waals surface area contributed by atoms with Crippen molar-refractivity contribution in [3.05, 3.63) is 51.2 Å². The first-order chi connectivity index (χ1) is 9.08. The Balaban J connectivity index is 2.18. The van der Waals surface area contributed by atoms with Crippen LogP contribution in [0.25, 0.3) is 0 Å². The fourth-order valence-electron chi connectivity index (χ4n) is 1.46. The number of hydrogen-bond donors (Lipinski definition) is 1. The Morgan fingerprint density at radius 1 is 1.21 bits per heavy atom. The van der Waals surface area contributed by atoms with E-state index in [0.29, 0.717) is 17.1 Å². The summed E-state index contributed by atoms with van der Waals surface area (Å²) in [6, 6.07) is 8.76. The van der Waals surface area contributed by atoms with Gasteiger partial charge in [0.15, 0.2) is 0 Å². The van der Waals surface area contributed by atoms with E-state index >= 15 is 0 Å². The number of hydrogen-bond acceptors (Lipinski definition) is 3. The summed E-state index contributed by atoms with van der Waals surface area (Å²) in [6.07, 6.45) is 1.58. The van der Waals surface area contributed by atoms with Gasteiger partial charge in [-0.15, -0.1) is 0 Å². The average molecular weight is 386 g/mol. The summed E-state index contributed by atoms with van der Waals surface area (Å²) in [4.78, 5) is 16.0. The molecule has 0 unspecified atom stereocenters. The van der Waals surface area contributed by atoms with E-state index in [1.807, 2.05) is 6.07 Å². The van der Waals surface area contributed by atoms with Crippen molar-refractivity contribution in [2.75, 3.05) is 12.4 Å². The van der Waals surface area contributed by atoms with Crippen LogP contribution < -0.4 is 10.1 Å². The monoisotopic (exact) mass is 384 g/mol. The van der Waals surface area contributed by atoms with Crippen molar-refractivity contribution in [3.8, 4) is 5.75 Å². The Hall–Kier alpha value is -1.40. The van der Waals surface area contributed by atoms with Crippen molar-refractivity contribution in [3.63, 3.8) is 0 Å². The lowest BCUT2D eigenvalue weighted by Gasteiger charge is -2.07. The van der Waals surface area contributed by atoms with E-state index < -0.39 is 0 Å². The third-order valence-corrected chi connectivity index (χ3v) is 3.25. The number of methoxy groups -OCH3 is 1. The highest BCUT2D eigenvalue weighted by Gasteiger charge is 2.08. The number of halogens is 2. The third kappa shape index (κ3) is 3.78. The first kappa shape index (κ1) is 14.0. The van der Waals surface area contributed by atoms with Crippen molar-refractivity contribution in [2.45, 2.75) is 0 Å². The van der Waals surface area contributed by atoms with E-state index in [2.05, 4.69) is 42.2 Å². The highest BCUT2D eigenvalue weighted by Crippen LogP contribution is 2.24. The van der Waals surface area contributed by atoms with E-state index in [1.54, 1.807) is 37.6 Å². The molecule has 0 saturated heterocycles. The molecule has 0 atom stereocenters. The molecule has 1 aromatic heterocycles. The molecule has 0 aliphatic rings. The van der Waals surface area contributed by atoms with Gasteiger partial charge in [0, 0.05) is 26.9 Å². The molecule has 1 amide bonds. The smallest absolute Gasteiger partial charge is 0.274 e. The second-order valence-corrected chi connectivity index (χ2v) is 5.53. The first-order valence-corrected chi connectivity index (χ1v) is 6.94. The second-order valence-electron chi connectivity index (χ2n) is 3.70. The predicted octanol–water partition coefficient (Wildman–Crippen LogP) is 3.87. The molecule has 1 N–H and O–H groups in total. The summed E-state index contributed by atoms with van der Waals surface area (Å²) in [5.74, 6) is 0.390. The van der Waals surface area contributed by atoms with Gasteiger partial charge in [0.1, 0.15) is 11.4 Å². The fraction of sp³-hybridized carbons (Fsp3) is 0.0769. The number of pyridine rings is 1. The molecule has 19 heavy (non-hydrogen) atoms. The highest BCUT2D eigenvalue weighted by molar-refractivity contribution is 9.10. The molecule has 4 nitrogen and oxygen atoms in total. The molecule has 0 aliphatic heterocycles. The van der Waals surface area contributed by atoms with Gasteiger partial charge in [0.05, 0.1) is 7.11 Å². The normalized spacial score (nSPS) is 10.1. The zero-order chi connectivity index (χ0) is 13.8. The Labute approximate surface area is 127 Å². The van der Waals surface area contributed by atoms with E-state index in [9.17, 15) is 4.79 Å². The van der Waals surface area contributed by atoms with Crippen LogP contribution in [0.15, 0.2) is 45.5 Å². The van der Waals surface area contributed by atoms with E-state index in [-0.39, 0.29) is 5.91 Å². The Morgan fingerprint density at radius 3 is 2.63 bits per heavy atom. The molecule has 0 spiro atoms. The van der Waals surface area contributed by atoms with Crippen molar-refractivity contribution in [1.82, 2.24) is 4.98 Å². The molecule has 98 valence electrons. The summed E-state index contributed by atoms with van der Waals surface area (Å²) < 4.78 is 6.79. The van der Waals surface area contributed by atoms with Gasteiger partial charge >= 0.3 is 0 Å². The molecule has 0 radical (unpaired) electrons. The van der Waals surface area contributed by atoms with Gasteiger partial charge in [-0.1, -0.05) is 15.9 Å². The minimum Gasteiger partial charge on any atom is -0.497 e. The van der Waals surface area contributed by atoms with Gasteiger partial charge < -0.3 is 10.1 Å². The Morgan fingerprint density at radius 2 is 2.00 bits per heavy atom. The zero-order valence-corrected chi connectivity index (χ0v) is 13.2. The average Bonchev–Trinajstić information content (AvgIpc) is 2.38. The quantitative estimate of drug-likeness (QED) is 0.872. The van der Waals surface area contributed by atoms with E-state index in [0.717, 1.165) is 8.95 Å². The van der Waals surface area contributed by atoms with Crippen LogP contribution in [0.4, 0.5) is 5.69 Å². The van der Waals surface area contributed by atoms with Gasteiger partial charge in [0.25, 0.3) is 5.91 Å². The summed E-state index contributed by atoms with van der Waals surface area (Å²) in [6.45, 7) is 0. The van der Waals surface area contributed by atoms with Crippen LogP contribution in [-0.4, -0.2) is 18.0 Å². The standard InChI is InChI=1S/C13H10Br2N2O2/c1-19-11-5-9(15)4-10(6-11)17-13(18)12-3-2-8(14)7-16-12/h2-7H,1H3,(H,17,18). The lowest BCUT2D eigenvalue weighted by Crippen LogP contribution is -2.13. The number of carbonyl (C=O) groups excluding carboxylic acids is 1. The lowest BCUT2D eigenvalue weighted by atomic mass is 10.2. The first-order valence-electron chi connectivity index (χ1n) is 5.36. The van der Waals surface area contributed by atoms with E-state index in [4.69, 9.17) is 4.74 Å². The number of anilines is 1. The van der Waals surface area contributed by atoms with Crippen LogP contribution in [0.3, 0.4) is 0 Å². The maximum absolute atomic E-state index is 12.0. The topological polar surface area (TPSA) is 51.2 Å². The molecular formula is C13H10Br2N2O2. The summed E-state index contributed by atoms with van der Waals surface area (Å²) in [7, 11) is 1.57. The molecule has 6 heteroatoms. The van der Waals surface area contributed by atoms with Crippen LogP contribution in [0.1, 0.15) is 10.5 Å². The van der Waals surface area contributed by atoms with Gasteiger partial charge in [-0.3, -0.25) is 4.79 Å². The number of ether oxygens (including phenoxy) is 1. The number of nitrogens with zero attached hydrogens (tertiary/aromatic N) is 1. The maximum atomic E-state index is 12.0. The number of aromatic nitrogens is 1. The molecule has 0 bridgehead atoms. The van der Waals surface area contributed by atoms with Gasteiger partial charge in [-0.05, 0) is 40.2 Å². The van der Waals surface area contributed by atoms with Crippen LogP contribution in [0.2, 0.25) is 0 Å². The van der Waals surface area contributed by atoms with Crippen molar-refractivity contribution < 1.29 is 9.53 Å². The minimum absolute atomic E-state index is 0.271. The highest BCUT2D eigenvalue weighted by atomic mass is 79.9. The van der Waals surface area contributed by atoms with Gasteiger partial charge in [-0.25, -0.2) is 4.98 Å². The summed E-state index contributed by atoms with van der Waals surface area (Å²) >= 11 is 6.63. The van der Waals surface area contributed by atoms with Crippen LogP contribution >= 0.6 is 31.9 Å². The van der Waals surface area contributed by atoms with Crippen molar-refractivity contribution in [2.24, 2.45) is 0 Å². The number of amides is 1. The molecule has 1 heterocycles. The van der Waals surface area contributed by atoms with Crippen molar-refractivity contribution in [1.29, 1.82) is 0 Å². The molecule has 2 aromatic rings. The fourth-order valence-corrected chi connectivity index (χ4v) is 2.16. The molecule has 2 rings (SSSR count). The lowest BCUT2D eigenvalue weighted by molar-refractivity contribution is 0.102. The number of rotatable bonds is 3. The molecule has 1 aromatic carbocycles. The number of benzene rings is 1. The zero-order valence-electron chi connectivity index (χ0n) is 9.98. The molecule has 0 saturated carbocycles. The predicted molar refractivity (Wildman–Crippen MR) is 80.6 cm³/mol. The van der Waals surface area contributed by atoms with Crippen LogP contribution in [0.5, 0.6) is 5.75 Å². The van der Waals surface area contributed by atoms with Gasteiger partial charge in [0.2, 0.25) is 0 Å². The Kier molecular flexibility index (Phi) is 4.55. The Bertz CT molecular complexity index is 600. The molecule has 0 fully saturated rings. The van der Waals surface area contributed by atoms with Crippen LogP contribution in [0, 0.1) is 0 Å². The molecular weight excluding hydrogens is 376 g/mol. The van der Waals surface area contributed by atoms with Crippen LogP contribution in [-0.2, 0) is 0 Å².